The Morgan fingerprint density at radius 2 is 1.75 bits per heavy atom. The third kappa shape index (κ3) is 3.54. The van der Waals surface area contributed by atoms with Crippen LogP contribution >= 0.6 is 0 Å². The van der Waals surface area contributed by atoms with Gasteiger partial charge in [0.05, 0.1) is 13.7 Å². The number of hydrogen-bond donors (Lipinski definition) is 1. The number of rotatable bonds is 8. The highest BCUT2D eigenvalue weighted by molar-refractivity contribution is 5.84. The molecule has 2 aromatic carbocycles. The number of ether oxygens (including phenoxy) is 2. The Balaban J connectivity index is 1.64. The predicted molar refractivity (Wildman–Crippen MR) is 114 cm³/mol. The van der Waals surface area contributed by atoms with E-state index < -0.39 is 0 Å². The largest absolute Gasteiger partial charge is 0.496 e. The minimum atomic E-state index is -0.0116. The Morgan fingerprint density at radius 3 is 2.54 bits per heavy atom. The van der Waals surface area contributed by atoms with E-state index in [2.05, 4.69) is 64.6 Å². The Morgan fingerprint density at radius 1 is 1.00 bits per heavy atom. The molecule has 148 valence electrons. The van der Waals surface area contributed by atoms with Crippen molar-refractivity contribution >= 4 is 10.9 Å². The monoisotopic (exact) mass is 378 g/mol. The summed E-state index contributed by atoms with van der Waals surface area (Å²) in [6.45, 7) is 2.43. The molecule has 4 nitrogen and oxygen atoms in total. The van der Waals surface area contributed by atoms with Gasteiger partial charge in [-0.2, -0.15) is 0 Å². The van der Waals surface area contributed by atoms with Crippen molar-refractivity contribution in [1.29, 1.82) is 0 Å². The second-order valence-corrected chi connectivity index (χ2v) is 7.70. The number of nitrogens with zero attached hydrogens (tertiary/aromatic N) is 1. The Hall–Kier alpha value is -2.30. The van der Waals surface area contributed by atoms with Gasteiger partial charge in [-0.05, 0) is 30.5 Å². The van der Waals surface area contributed by atoms with Crippen LogP contribution in [0, 0.1) is 0 Å². The number of hydrogen-bond acceptors (Lipinski definition) is 3. The fourth-order valence-corrected chi connectivity index (χ4v) is 4.66. The van der Waals surface area contributed by atoms with Crippen LogP contribution in [-0.4, -0.2) is 25.4 Å². The van der Waals surface area contributed by atoms with Crippen molar-refractivity contribution in [2.24, 2.45) is 0 Å². The molecular weight excluding hydrogens is 348 g/mol. The van der Waals surface area contributed by atoms with Crippen molar-refractivity contribution in [3.05, 3.63) is 65.9 Å². The van der Waals surface area contributed by atoms with Gasteiger partial charge in [0.15, 0.2) is 0 Å². The number of benzene rings is 2. The minimum Gasteiger partial charge on any atom is -0.496 e. The van der Waals surface area contributed by atoms with Gasteiger partial charge in [0, 0.05) is 48.4 Å². The molecule has 0 atom stereocenters. The molecule has 1 heterocycles. The number of para-hydroxylation sites is 2. The molecule has 0 radical (unpaired) electrons. The maximum atomic E-state index is 5.70. The lowest BCUT2D eigenvalue weighted by molar-refractivity contribution is 0.188. The smallest absolute Gasteiger partial charge is 0.123 e. The highest BCUT2D eigenvalue weighted by atomic mass is 16.5. The molecule has 1 aliphatic rings. The van der Waals surface area contributed by atoms with E-state index >= 15 is 0 Å². The molecule has 1 saturated carbocycles. The van der Waals surface area contributed by atoms with Gasteiger partial charge in [0.25, 0.3) is 0 Å². The average Bonchev–Trinajstić information content (AvgIpc) is 3.36. The zero-order chi connectivity index (χ0) is 19.4. The maximum absolute atomic E-state index is 5.70. The van der Waals surface area contributed by atoms with Crippen LogP contribution in [0.3, 0.4) is 0 Å². The zero-order valence-corrected chi connectivity index (χ0v) is 16.9. The summed E-state index contributed by atoms with van der Waals surface area (Å²) in [5, 5.41) is 5.26. The molecular formula is C24H30N2O2. The Labute approximate surface area is 167 Å². The SMILES string of the molecule is COCCn1cc(CNC2(c3ccccc3OC)CCCC2)c2ccccc21. The molecule has 0 spiro atoms. The van der Waals surface area contributed by atoms with E-state index in [0.717, 1.165) is 38.3 Å². The number of nitrogens with one attached hydrogen (secondary N) is 1. The van der Waals surface area contributed by atoms with E-state index in [1.807, 2.05) is 0 Å². The van der Waals surface area contributed by atoms with Crippen molar-refractivity contribution in [2.45, 2.75) is 44.3 Å². The van der Waals surface area contributed by atoms with Gasteiger partial charge in [-0.3, -0.25) is 0 Å². The fourth-order valence-electron chi connectivity index (χ4n) is 4.66. The highest BCUT2D eigenvalue weighted by Gasteiger charge is 2.37. The van der Waals surface area contributed by atoms with Gasteiger partial charge >= 0.3 is 0 Å². The molecule has 1 fully saturated rings. The van der Waals surface area contributed by atoms with Gasteiger partial charge in [-0.15, -0.1) is 0 Å². The molecule has 0 bridgehead atoms. The molecule has 4 heteroatoms. The Bertz CT molecular complexity index is 925. The van der Waals surface area contributed by atoms with Crippen molar-refractivity contribution in [3.63, 3.8) is 0 Å². The molecule has 28 heavy (non-hydrogen) atoms. The lowest BCUT2D eigenvalue weighted by Crippen LogP contribution is -2.39. The van der Waals surface area contributed by atoms with E-state index in [0.29, 0.717) is 0 Å². The van der Waals surface area contributed by atoms with E-state index in [-0.39, 0.29) is 5.54 Å². The predicted octanol–water partition coefficient (Wildman–Crippen LogP) is 4.86. The quantitative estimate of drug-likeness (QED) is 0.608. The maximum Gasteiger partial charge on any atom is 0.123 e. The van der Waals surface area contributed by atoms with Crippen molar-refractivity contribution in [3.8, 4) is 5.75 Å². The molecule has 1 aliphatic carbocycles. The van der Waals surface area contributed by atoms with Crippen LogP contribution in [0.15, 0.2) is 54.7 Å². The van der Waals surface area contributed by atoms with E-state index in [1.165, 1.54) is 34.9 Å². The lowest BCUT2D eigenvalue weighted by Gasteiger charge is -2.32. The summed E-state index contributed by atoms with van der Waals surface area (Å²) in [6, 6.07) is 17.1. The van der Waals surface area contributed by atoms with Gasteiger partial charge in [0.1, 0.15) is 5.75 Å². The molecule has 3 aromatic rings. The molecule has 0 amide bonds. The van der Waals surface area contributed by atoms with E-state index in [9.17, 15) is 0 Å². The number of fused-ring (bicyclic) bond motifs is 1. The van der Waals surface area contributed by atoms with Gasteiger partial charge in [0.2, 0.25) is 0 Å². The standard InChI is InChI=1S/C24H30N2O2/c1-27-16-15-26-18-19(20-9-3-5-11-22(20)26)17-25-24(13-7-8-14-24)21-10-4-6-12-23(21)28-2/h3-6,9-12,18,25H,7-8,13-17H2,1-2H3. The summed E-state index contributed by atoms with van der Waals surface area (Å²) in [5.74, 6) is 0.986. The van der Waals surface area contributed by atoms with Crippen molar-refractivity contribution in [2.75, 3.05) is 20.8 Å². The van der Waals surface area contributed by atoms with Crippen LogP contribution in [0.1, 0.15) is 36.8 Å². The van der Waals surface area contributed by atoms with Crippen LogP contribution in [0.25, 0.3) is 10.9 Å². The van der Waals surface area contributed by atoms with Crippen LogP contribution in [-0.2, 0) is 23.4 Å². The fraction of sp³-hybridized carbons (Fsp3) is 0.417. The summed E-state index contributed by atoms with van der Waals surface area (Å²) >= 11 is 0. The van der Waals surface area contributed by atoms with E-state index in [1.54, 1.807) is 14.2 Å². The third-order valence-electron chi connectivity index (χ3n) is 6.10. The summed E-state index contributed by atoms with van der Waals surface area (Å²) in [4.78, 5) is 0. The average molecular weight is 379 g/mol. The molecule has 1 N–H and O–H groups in total. The zero-order valence-electron chi connectivity index (χ0n) is 16.9. The number of methoxy groups -OCH3 is 2. The van der Waals surface area contributed by atoms with Crippen LogP contribution in [0.5, 0.6) is 5.75 Å². The second kappa shape index (κ2) is 8.38. The van der Waals surface area contributed by atoms with Gasteiger partial charge in [-0.1, -0.05) is 49.2 Å². The molecule has 4 rings (SSSR count). The van der Waals surface area contributed by atoms with Gasteiger partial charge < -0.3 is 19.4 Å². The normalized spacial score (nSPS) is 15.9. The Kier molecular flexibility index (Phi) is 5.69. The molecule has 1 aromatic heterocycles. The van der Waals surface area contributed by atoms with Crippen LogP contribution < -0.4 is 10.1 Å². The summed E-state index contributed by atoms with van der Waals surface area (Å²) in [5.41, 5.74) is 3.89. The molecule has 0 saturated heterocycles. The first kappa shape index (κ1) is 19.0. The van der Waals surface area contributed by atoms with Crippen LogP contribution in [0.2, 0.25) is 0 Å². The number of aromatic nitrogens is 1. The molecule has 0 aliphatic heterocycles. The van der Waals surface area contributed by atoms with Crippen molar-refractivity contribution < 1.29 is 9.47 Å². The molecule has 0 unspecified atom stereocenters. The first-order valence-corrected chi connectivity index (χ1v) is 10.2. The van der Waals surface area contributed by atoms with Crippen LogP contribution in [0.4, 0.5) is 0 Å². The van der Waals surface area contributed by atoms with E-state index in [4.69, 9.17) is 9.47 Å². The first-order valence-electron chi connectivity index (χ1n) is 10.2. The second-order valence-electron chi connectivity index (χ2n) is 7.70. The summed E-state index contributed by atoms with van der Waals surface area (Å²) in [7, 11) is 3.52. The topological polar surface area (TPSA) is 35.4 Å². The summed E-state index contributed by atoms with van der Waals surface area (Å²) < 4.78 is 13.3. The minimum absolute atomic E-state index is 0.0116. The van der Waals surface area contributed by atoms with Gasteiger partial charge in [-0.25, -0.2) is 0 Å². The third-order valence-corrected chi connectivity index (χ3v) is 6.10. The highest BCUT2D eigenvalue weighted by Crippen LogP contribution is 2.43. The lowest BCUT2D eigenvalue weighted by atomic mass is 9.87. The van der Waals surface area contributed by atoms with Crippen molar-refractivity contribution in [1.82, 2.24) is 9.88 Å². The first-order chi connectivity index (χ1) is 13.8. The summed E-state index contributed by atoms with van der Waals surface area (Å²) in [6.07, 6.45) is 7.08.